The van der Waals surface area contributed by atoms with Crippen LogP contribution in [0.1, 0.15) is 51.3 Å². The number of benzene rings is 2. The van der Waals surface area contributed by atoms with E-state index in [0.717, 1.165) is 5.75 Å². The van der Waals surface area contributed by atoms with Gasteiger partial charge in [-0.15, -0.1) is 0 Å². The van der Waals surface area contributed by atoms with Gasteiger partial charge in [0.2, 0.25) is 0 Å². The van der Waals surface area contributed by atoms with E-state index >= 15 is 0 Å². The van der Waals surface area contributed by atoms with Crippen LogP contribution in [-0.4, -0.2) is 6.23 Å². The molecule has 0 heterocycles. The van der Waals surface area contributed by atoms with E-state index in [1.807, 2.05) is 25.1 Å². The molecule has 25 heavy (non-hydrogen) atoms. The molecule has 0 fully saturated rings. The van der Waals surface area contributed by atoms with Crippen molar-refractivity contribution in [2.45, 2.75) is 53.2 Å². The molecule has 1 unspecified atom stereocenters. The van der Waals surface area contributed by atoms with Crippen LogP contribution >= 0.6 is 0 Å². The molecule has 1 atom stereocenters. The van der Waals surface area contributed by atoms with Crippen LogP contribution in [0.15, 0.2) is 60.7 Å². The first-order chi connectivity index (χ1) is 11.7. The van der Waals surface area contributed by atoms with Gasteiger partial charge >= 0.3 is 0 Å². The van der Waals surface area contributed by atoms with Crippen LogP contribution in [0, 0.1) is 12.3 Å². The van der Waals surface area contributed by atoms with Crippen molar-refractivity contribution in [2.75, 3.05) is 0 Å². The Morgan fingerprint density at radius 1 is 0.880 bits per heavy atom. The standard InChI is InChI=1S/C23H31NO/c1-7-16-22(3,4)21(24)25-20-14-12-19(13-15-20)23(5,6)18-10-8-17(2)9-11-18/h7-16,21H,24H2,1-6H3. The Morgan fingerprint density at radius 3 is 1.84 bits per heavy atom. The fourth-order valence-corrected chi connectivity index (χ4v) is 2.91. The Balaban J connectivity index is 2.17. The second-order valence-electron chi connectivity index (χ2n) is 7.88. The van der Waals surface area contributed by atoms with Crippen molar-refractivity contribution in [3.8, 4) is 5.75 Å². The Hall–Kier alpha value is -2.06. The van der Waals surface area contributed by atoms with Gasteiger partial charge in [-0.05, 0) is 37.1 Å². The second kappa shape index (κ2) is 7.45. The Kier molecular flexibility index (Phi) is 5.74. The molecule has 2 rings (SSSR count). The lowest BCUT2D eigenvalue weighted by Gasteiger charge is -2.29. The first-order valence-electron chi connectivity index (χ1n) is 8.90. The maximum absolute atomic E-state index is 6.23. The van der Waals surface area contributed by atoms with Gasteiger partial charge in [-0.2, -0.15) is 0 Å². The zero-order chi connectivity index (χ0) is 18.7. The molecule has 0 saturated heterocycles. The Labute approximate surface area is 152 Å². The summed E-state index contributed by atoms with van der Waals surface area (Å²) in [7, 11) is 0. The van der Waals surface area contributed by atoms with Crippen LogP contribution in [0.4, 0.5) is 0 Å². The predicted octanol–water partition coefficient (Wildman–Crippen LogP) is 5.59. The summed E-state index contributed by atoms with van der Waals surface area (Å²) in [6.07, 6.45) is 3.70. The van der Waals surface area contributed by atoms with E-state index in [4.69, 9.17) is 10.5 Å². The van der Waals surface area contributed by atoms with Gasteiger partial charge in [-0.25, -0.2) is 0 Å². The predicted molar refractivity (Wildman–Crippen MR) is 107 cm³/mol. The third kappa shape index (κ3) is 4.52. The number of ether oxygens (including phenoxy) is 1. The quantitative estimate of drug-likeness (QED) is 0.551. The third-order valence-corrected chi connectivity index (χ3v) is 4.94. The third-order valence-electron chi connectivity index (χ3n) is 4.94. The molecule has 0 saturated carbocycles. The van der Waals surface area contributed by atoms with E-state index < -0.39 is 0 Å². The fraction of sp³-hybridized carbons (Fsp3) is 0.391. The summed E-state index contributed by atoms with van der Waals surface area (Å²) in [6.45, 7) is 12.7. The lowest BCUT2D eigenvalue weighted by Crippen LogP contribution is -2.40. The molecule has 0 aliphatic rings. The summed E-state index contributed by atoms with van der Waals surface area (Å²) < 4.78 is 5.95. The van der Waals surface area contributed by atoms with Crippen LogP contribution < -0.4 is 10.5 Å². The van der Waals surface area contributed by atoms with Gasteiger partial charge in [0.1, 0.15) is 5.75 Å². The topological polar surface area (TPSA) is 35.2 Å². The molecule has 2 nitrogen and oxygen atoms in total. The number of allylic oxidation sites excluding steroid dienone is 1. The summed E-state index contributed by atoms with van der Waals surface area (Å²) in [5, 5.41) is 0. The van der Waals surface area contributed by atoms with Crippen molar-refractivity contribution in [1.82, 2.24) is 0 Å². The average molecular weight is 338 g/mol. The van der Waals surface area contributed by atoms with E-state index in [0.29, 0.717) is 0 Å². The van der Waals surface area contributed by atoms with Crippen molar-refractivity contribution in [3.63, 3.8) is 0 Å². The van der Waals surface area contributed by atoms with Gasteiger partial charge in [-0.1, -0.05) is 81.8 Å². The van der Waals surface area contributed by atoms with E-state index in [-0.39, 0.29) is 17.1 Å². The monoisotopic (exact) mass is 337 g/mol. The van der Waals surface area contributed by atoms with Crippen LogP contribution in [-0.2, 0) is 5.41 Å². The molecule has 134 valence electrons. The lowest BCUT2D eigenvalue weighted by molar-refractivity contribution is 0.113. The zero-order valence-electron chi connectivity index (χ0n) is 16.3. The number of rotatable bonds is 6. The van der Waals surface area contributed by atoms with E-state index in [1.54, 1.807) is 0 Å². The highest BCUT2D eigenvalue weighted by molar-refractivity contribution is 5.40. The fourth-order valence-electron chi connectivity index (χ4n) is 2.91. The minimum atomic E-state index is -0.389. The molecule has 2 heteroatoms. The van der Waals surface area contributed by atoms with Gasteiger partial charge in [0, 0.05) is 10.8 Å². The number of nitrogens with two attached hydrogens (primary N) is 1. The Morgan fingerprint density at radius 2 is 1.36 bits per heavy atom. The van der Waals surface area contributed by atoms with E-state index in [1.165, 1.54) is 16.7 Å². The zero-order valence-corrected chi connectivity index (χ0v) is 16.3. The highest BCUT2D eigenvalue weighted by Crippen LogP contribution is 2.33. The minimum absolute atomic E-state index is 0.0570. The molecule has 2 N–H and O–H groups in total. The number of hydrogen-bond acceptors (Lipinski definition) is 2. The van der Waals surface area contributed by atoms with Crippen LogP contribution in [0.5, 0.6) is 5.75 Å². The highest BCUT2D eigenvalue weighted by atomic mass is 16.5. The summed E-state index contributed by atoms with van der Waals surface area (Å²) in [6, 6.07) is 17.0. The molecular weight excluding hydrogens is 306 g/mol. The lowest BCUT2D eigenvalue weighted by atomic mass is 9.78. The smallest absolute Gasteiger partial charge is 0.156 e. The normalized spacial score (nSPS) is 13.9. The van der Waals surface area contributed by atoms with Gasteiger partial charge in [0.25, 0.3) is 0 Å². The van der Waals surface area contributed by atoms with Gasteiger partial charge < -0.3 is 4.74 Å². The molecule has 0 aromatic heterocycles. The SMILES string of the molecule is CC=CC(C)(C)C(N)Oc1ccc(C(C)(C)c2ccc(C)cc2)cc1. The molecule has 0 spiro atoms. The Bertz CT molecular complexity index is 709. The number of aryl methyl sites for hydroxylation is 1. The van der Waals surface area contributed by atoms with Gasteiger partial charge in [-0.3, -0.25) is 5.73 Å². The minimum Gasteiger partial charge on any atom is -0.475 e. The summed E-state index contributed by atoms with van der Waals surface area (Å²) in [5.41, 5.74) is 9.79. The first kappa shape index (κ1) is 19.3. The maximum atomic E-state index is 6.23. The molecule has 2 aromatic rings. The van der Waals surface area contributed by atoms with Crippen LogP contribution in [0.25, 0.3) is 0 Å². The summed E-state index contributed by atoms with van der Waals surface area (Å²) in [5.74, 6) is 0.800. The largest absolute Gasteiger partial charge is 0.475 e. The van der Waals surface area contributed by atoms with Crippen molar-refractivity contribution in [1.29, 1.82) is 0 Å². The van der Waals surface area contributed by atoms with E-state index in [2.05, 4.69) is 77.1 Å². The molecule has 0 bridgehead atoms. The van der Waals surface area contributed by atoms with Gasteiger partial charge in [0.15, 0.2) is 6.23 Å². The first-order valence-corrected chi connectivity index (χ1v) is 8.90. The average Bonchev–Trinajstić information content (AvgIpc) is 2.55. The van der Waals surface area contributed by atoms with Crippen molar-refractivity contribution in [3.05, 3.63) is 77.4 Å². The molecule has 2 aromatic carbocycles. The maximum Gasteiger partial charge on any atom is 0.156 e. The molecule has 0 radical (unpaired) electrons. The van der Waals surface area contributed by atoms with Crippen molar-refractivity contribution < 1.29 is 4.74 Å². The van der Waals surface area contributed by atoms with Gasteiger partial charge in [0.05, 0.1) is 0 Å². The molecule has 0 amide bonds. The highest BCUT2D eigenvalue weighted by Gasteiger charge is 2.26. The van der Waals surface area contributed by atoms with Crippen LogP contribution in [0.3, 0.4) is 0 Å². The van der Waals surface area contributed by atoms with Crippen molar-refractivity contribution in [2.24, 2.45) is 11.1 Å². The van der Waals surface area contributed by atoms with Crippen molar-refractivity contribution >= 4 is 0 Å². The molecule has 0 aliphatic heterocycles. The van der Waals surface area contributed by atoms with Crippen LogP contribution in [0.2, 0.25) is 0 Å². The van der Waals surface area contributed by atoms with E-state index in [9.17, 15) is 0 Å². The molecule has 0 aliphatic carbocycles. The summed E-state index contributed by atoms with van der Waals surface area (Å²) >= 11 is 0. The second-order valence-corrected chi connectivity index (χ2v) is 7.88. The summed E-state index contributed by atoms with van der Waals surface area (Å²) in [4.78, 5) is 0. The number of hydrogen-bond donors (Lipinski definition) is 1. The molecular formula is C23H31NO.